The van der Waals surface area contributed by atoms with Gasteiger partial charge in [-0.1, -0.05) is 12.1 Å². The number of amides is 1. The lowest BCUT2D eigenvalue weighted by Gasteiger charge is -2.06. The van der Waals surface area contributed by atoms with Gasteiger partial charge in [-0.25, -0.2) is 13.6 Å². The molecule has 0 fully saturated rings. The van der Waals surface area contributed by atoms with Crippen molar-refractivity contribution in [2.75, 3.05) is 11.1 Å². The Morgan fingerprint density at radius 3 is 2.08 bits per heavy atom. The highest BCUT2D eigenvalue weighted by Crippen LogP contribution is 2.20. The normalized spacial score (nSPS) is 11.2. The first kappa shape index (κ1) is 17.7. The van der Waals surface area contributed by atoms with E-state index in [9.17, 15) is 23.5 Å². The number of carbonyl (C=O) groups excluding carboxylic acids is 1. The second kappa shape index (κ2) is 8.26. The third-order valence-corrected chi connectivity index (χ3v) is 3.88. The van der Waals surface area contributed by atoms with Crippen LogP contribution in [-0.4, -0.2) is 22.7 Å². The fourth-order valence-corrected chi connectivity index (χ4v) is 2.45. The summed E-state index contributed by atoms with van der Waals surface area (Å²) < 4.78 is 25.6. The predicted octanol–water partition coefficient (Wildman–Crippen LogP) is 3.76. The predicted molar refractivity (Wildman–Crippen MR) is 89.5 cm³/mol. The van der Waals surface area contributed by atoms with Crippen LogP contribution in [0.4, 0.5) is 14.5 Å². The van der Waals surface area contributed by atoms with Crippen molar-refractivity contribution < 1.29 is 23.5 Å². The standard InChI is InChI=1S/C17H13F2NO3S/c18-12-3-1-11(2-4-12)9-15(17(22)23)24-10-16(21)20-14-7-5-13(19)6-8-14/h1-9H,10H2,(H,20,21)(H,22,23)/b15-9+. The Bertz CT molecular complexity index is 758. The Hall–Kier alpha value is -2.67. The van der Waals surface area contributed by atoms with Gasteiger partial charge >= 0.3 is 5.97 Å². The van der Waals surface area contributed by atoms with E-state index in [1.165, 1.54) is 54.6 Å². The third-order valence-electron chi connectivity index (χ3n) is 2.87. The molecule has 7 heteroatoms. The quantitative estimate of drug-likeness (QED) is 0.779. The topological polar surface area (TPSA) is 66.4 Å². The molecule has 2 aromatic carbocycles. The monoisotopic (exact) mass is 349 g/mol. The van der Waals surface area contributed by atoms with Crippen LogP contribution >= 0.6 is 11.8 Å². The lowest BCUT2D eigenvalue weighted by Crippen LogP contribution is -2.15. The molecule has 0 radical (unpaired) electrons. The number of carbonyl (C=O) groups is 2. The molecule has 0 aliphatic carbocycles. The van der Waals surface area contributed by atoms with E-state index in [0.29, 0.717) is 11.3 Å². The zero-order chi connectivity index (χ0) is 17.5. The Morgan fingerprint density at radius 2 is 1.54 bits per heavy atom. The van der Waals surface area contributed by atoms with Crippen molar-refractivity contribution >= 4 is 35.4 Å². The minimum atomic E-state index is -1.18. The number of rotatable bonds is 6. The lowest BCUT2D eigenvalue weighted by atomic mass is 10.2. The molecule has 0 bridgehead atoms. The number of nitrogens with one attached hydrogen (secondary N) is 1. The highest BCUT2D eigenvalue weighted by atomic mass is 32.2. The van der Waals surface area contributed by atoms with Crippen molar-refractivity contribution in [3.63, 3.8) is 0 Å². The zero-order valence-electron chi connectivity index (χ0n) is 12.3. The maximum Gasteiger partial charge on any atom is 0.342 e. The SMILES string of the molecule is O=C(CS/C(=C/c1ccc(F)cc1)C(=O)O)Nc1ccc(F)cc1. The summed E-state index contributed by atoms with van der Waals surface area (Å²) in [6, 6.07) is 10.6. The molecule has 1 amide bonds. The Labute approximate surface area is 141 Å². The second-order valence-corrected chi connectivity index (χ2v) is 5.73. The van der Waals surface area contributed by atoms with E-state index in [1.54, 1.807) is 0 Å². The third kappa shape index (κ3) is 5.51. The van der Waals surface area contributed by atoms with E-state index in [1.807, 2.05) is 0 Å². The zero-order valence-corrected chi connectivity index (χ0v) is 13.1. The molecule has 124 valence electrons. The van der Waals surface area contributed by atoms with Gasteiger partial charge in [0.2, 0.25) is 5.91 Å². The first-order valence-corrected chi connectivity index (χ1v) is 7.81. The molecule has 24 heavy (non-hydrogen) atoms. The number of thioether (sulfide) groups is 1. The van der Waals surface area contributed by atoms with Crippen LogP contribution < -0.4 is 5.32 Å². The first-order valence-electron chi connectivity index (χ1n) is 6.83. The van der Waals surface area contributed by atoms with Crippen molar-refractivity contribution in [3.05, 3.63) is 70.6 Å². The Balaban J connectivity index is 1.98. The molecule has 2 N–H and O–H groups in total. The van der Waals surface area contributed by atoms with Gasteiger partial charge in [-0.05, 0) is 48.0 Å². The van der Waals surface area contributed by atoms with Gasteiger partial charge < -0.3 is 10.4 Å². The molecule has 2 aromatic rings. The number of carboxylic acid groups (broad SMARTS) is 1. The van der Waals surface area contributed by atoms with Crippen LogP contribution in [0.2, 0.25) is 0 Å². The molecule has 0 saturated heterocycles. The minimum absolute atomic E-state index is 0.0455. The summed E-state index contributed by atoms with van der Waals surface area (Å²) in [5.74, 6) is -2.57. The van der Waals surface area contributed by atoms with Crippen LogP contribution in [-0.2, 0) is 9.59 Å². The van der Waals surface area contributed by atoms with Crippen LogP contribution in [0.15, 0.2) is 53.4 Å². The van der Waals surface area contributed by atoms with Crippen molar-refractivity contribution in [2.24, 2.45) is 0 Å². The van der Waals surface area contributed by atoms with Crippen LogP contribution in [0.1, 0.15) is 5.56 Å². The number of anilines is 1. The number of hydrogen-bond donors (Lipinski definition) is 2. The van der Waals surface area contributed by atoms with E-state index >= 15 is 0 Å². The molecule has 4 nitrogen and oxygen atoms in total. The highest BCUT2D eigenvalue weighted by molar-refractivity contribution is 8.04. The Kier molecular flexibility index (Phi) is 6.08. The van der Waals surface area contributed by atoms with Crippen LogP contribution in [0.25, 0.3) is 6.08 Å². The number of hydrogen-bond acceptors (Lipinski definition) is 3. The van der Waals surface area contributed by atoms with Gasteiger partial charge in [0, 0.05) is 5.69 Å². The summed E-state index contributed by atoms with van der Waals surface area (Å²) in [7, 11) is 0. The van der Waals surface area contributed by atoms with Crippen molar-refractivity contribution in [2.45, 2.75) is 0 Å². The van der Waals surface area contributed by atoms with Gasteiger partial charge in [-0.3, -0.25) is 4.79 Å². The van der Waals surface area contributed by atoms with Crippen molar-refractivity contribution in [1.29, 1.82) is 0 Å². The van der Waals surface area contributed by atoms with E-state index in [2.05, 4.69) is 5.32 Å². The molecule has 0 atom stereocenters. The largest absolute Gasteiger partial charge is 0.477 e. The van der Waals surface area contributed by atoms with E-state index in [4.69, 9.17) is 0 Å². The molecule has 0 aliphatic heterocycles. The molecule has 0 aliphatic rings. The maximum absolute atomic E-state index is 12.8. The molecule has 0 heterocycles. The molecular weight excluding hydrogens is 336 g/mol. The van der Waals surface area contributed by atoms with Gasteiger partial charge in [0.15, 0.2) is 0 Å². The summed E-state index contributed by atoms with van der Waals surface area (Å²) >= 11 is 0.841. The fourth-order valence-electron chi connectivity index (χ4n) is 1.75. The van der Waals surface area contributed by atoms with Gasteiger partial charge in [0.1, 0.15) is 11.6 Å². The molecule has 0 unspecified atom stereocenters. The number of aliphatic carboxylic acids is 1. The maximum atomic E-state index is 12.8. The van der Waals surface area contributed by atoms with Gasteiger partial charge in [-0.2, -0.15) is 0 Å². The number of halogens is 2. The average Bonchev–Trinajstić information content (AvgIpc) is 2.55. The first-order chi connectivity index (χ1) is 11.4. The van der Waals surface area contributed by atoms with Crippen LogP contribution in [0, 0.1) is 11.6 Å². The fraction of sp³-hybridized carbons (Fsp3) is 0.0588. The average molecular weight is 349 g/mol. The van der Waals surface area contributed by atoms with Gasteiger partial charge in [-0.15, -0.1) is 11.8 Å². The summed E-state index contributed by atoms with van der Waals surface area (Å²) in [5.41, 5.74) is 0.932. The molecule has 2 rings (SSSR count). The molecular formula is C17H13F2NO3S. The second-order valence-electron chi connectivity index (χ2n) is 4.71. The van der Waals surface area contributed by atoms with Crippen molar-refractivity contribution in [3.8, 4) is 0 Å². The number of benzene rings is 2. The summed E-state index contributed by atoms with van der Waals surface area (Å²) in [6.07, 6.45) is 1.36. The minimum Gasteiger partial charge on any atom is -0.477 e. The van der Waals surface area contributed by atoms with Crippen LogP contribution in [0.3, 0.4) is 0 Å². The highest BCUT2D eigenvalue weighted by Gasteiger charge is 2.12. The number of carboxylic acids is 1. The summed E-state index contributed by atoms with van der Waals surface area (Å²) in [6.45, 7) is 0. The lowest BCUT2D eigenvalue weighted by molar-refractivity contribution is -0.131. The molecule has 0 aromatic heterocycles. The summed E-state index contributed by atoms with van der Waals surface area (Å²) in [4.78, 5) is 23.0. The van der Waals surface area contributed by atoms with Crippen molar-refractivity contribution in [1.82, 2.24) is 0 Å². The van der Waals surface area contributed by atoms with E-state index < -0.39 is 23.5 Å². The van der Waals surface area contributed by atoms with E-state index in [-0.39, 0.29) is 10.7 Å². The summed E-state index contributed by atoms with van der Waals surface area (Å²) in [5, 5.41) is 11.7. The molecule has 0 saturated carbocycles. The van der Waals surface area contributed by atoms with Gasteiger partial charge in [0.05, 0.1) is 10.7 Å². The van der Waals surface area contributed by atoms with Gasteiger partial charge in [0.25, 0.3) is 0 Å². The van der Waals surface area contributed by atoms with Crippen LogP contribution in [0.5, 0.6) is 0 Å². The Morgan fingerprint density at radius 1 is 1.00 bits per heavy atom. The van der Waals surface area contributed by atoms with E-state index in [0.717, 1.165) is 11.8 Å². The smallest absolute Gasteiger partial charge is 0.342 e. The molecule has 0 spiro atoms.